The molecular weight excluding hydrogens is 512 g/mol. The molecule has 200 valence electrons. The van der Waals surface area contributed by atoms with E-state index in [1.54, 1.807) is 0 Å². The predicted molar refractivity (Wildman–Crippen MR) is 143 cm³/mol. The fraction of sp³-hybridized carbons (Fsp3) is 0.345. The molecule has 6 nitrogen and oxygen atoms in total. The van der Waals surface area contributed by atoms with Crippen molar-refractivity contribution in [1.29, 1.82) is 0 Å². The number of hydrogen-bond donors (Lipinski definition) is 2. The maximum atomic E-state index is 13.7. The van der Waals surface area contributed by atoms with Gasteiger partial charge in [0, 0.05) is 41.9 Å². The van der Waals surface area contributed by atoms with Crippen LogP contribution in [0.25, 0.3) is 0 Å². The van der Waals surface area contributed by atoms with Gasteiger partial charge in [0.2, 0.25) is 5.91 Å². The lowest BCUT2D eigenvalue weighted by molar-refractivity contribution is -0.123. The first kappa shape index (κ1) is 26.3. The highest BCUT2D eigenvalue weighted by atomic mass is 35.5. The van der Waals surface area contributed by atoms with Crippen LogP contribution in [0.1, 0.15) is 18.4 Å². The smallest absolute Gasteiger partial charge is 0.244 e. The number of piperazine rings is 1. The third kappa shape index (κ3) is 6.37. The second-order valence-electron chi connectivity index (χ2n) is 9.72. The summed E-state index contributed by atoms with van der Waals surface area (Å²) in [5.74, 6) is -0.715. The lowest BCUT2D eigenvalue weighted by Gasteiger charge is -2.38. The van der Waals surface area contributed by atoms with E-state index in [2.05, 4.69) is 15.5 Å². The molecular formula is C29H30ClF2N3O3. The molecule has 3 aromatic carbocycles. The Hall–Kier alpha value is -3.36. The molecule has 2 aliphatic rings. The molecule has 5 rings (SSSR count). The number of hydrogen-bond acceptors (Lipinski definition) is 5. The van der Waals surface area contributed by atoms with Crippen LogP contribution in [0.5, 0.6) is 11.5 Å². The van der Waals surface area contributed by atoms with Crippen molar-refractivity contribution in [3.05, 3.63) is 89.0 Å². The Morgan fingerprint density at radius 1 is 1.05 bits per heavy atom. The van der Waals surface area contributed by atoms with Crippen molar-refractivity contribution in [3.8, 4) is 11.5 Å². The van der Waals surface area contributed by atoms with Crippen molar-refractivity contribution >= 4 is 23.2 Å². The number of anilines is 1. The summed E-state index contributed by atoms with van der Waals surface area (Å²) < 4.78 is 37.9. The van der Waals surface area contributed by atoms with Crippen molar-refractivity contribution in [1.82, 2.24) is 10.6 Å². The number of rotatable bonds is 10. The molecule has 9 heteroatoms. The summed E-state index contributed by atoms with van der Waals surface area (Å²) in [6.45, 7) is 2.27. The van der Waals surface area contributed by atoms with Crippen molar-refractivity contribution in [3.63, 3.8) is 0 Å². The van der Waals surface area contributed by atoms with Crippen molar-refractivity contribution in [2.24, 2.45) is 0 Å². The van der Waals surface area contributed by atoms with Gasteiger partial charge < -0.3 is 25.0 Å². The lowest BCUT2D eigenvalue weighted by Crippen LogP contribution is -2.60. The lowest BCUT2D eigenvalue weighted by atomic mass is 10.0. The average Bonchev–Trinajstić information content (AvgIpc) is 3.69. The molecule has 3 aromatic rings. The highest BCUT2D eigenvalue weighted by molar-refractivity contribution is 6.31. The van der Waals surface area contributed by atoms with E-state index in [4.69, 9.17) is 21.1 Å². The van der Waals surface area contributed by atoms with Gasteiger partial charge in [0.15, 0.2) is 11.6 Å². The third-order valence-corrected chi connectivity index (χ3v) is 7.31. The SMILES string of the molecule is O=C(NC1(Cc2ccccc2Cl)CC1)C1CNCCN1c1ccc(OCCOc2cc(F)ccc2F)cc1. The minimum atomic E-state index is -0.623. The monoisotopic (exact) mass is 541 g/mol. The zero-order chi connectivity index (χ0) is 26.5. The van der Waals surface area contributed by atoms with Crippen LogP contribution < -0.4 is 25.0 Å². The summed E-state index contributed by atoms with van der Waals surface area (Å²) in [6.07, 6.45) is 2.59. The quantitative estimate of drug-likeness (QED) is 0.363. The molecule has 1 heterocycles. The number of nitrogens with zero attached hydrogens (tertiary/aromatic N) is 1. The van der Waals surface area contributed by atoms with Gasteiger partial charge in [-0.1, -0.05) is 29.8 Å². The van der Waals surface area contributed by atoms with E-state index >= 15 is 0 Å². The summed E-state index contributed by atoms with van der Waals surface area (Å²) in [5.41, 5.74) is 1.74. The Labute approximate surface area is 225 Å². The predicted octanol–water partition coefficient (Wildman–Crippen LogP) is 4.75. The molecule has 0 bridgehead atoms. The fourth-order valence-electron chi connectivity index (χ4n) is 4.73. The van der Waals surface area contributed by atoms with Crippen LogP contribution in [0.15, 0.2) is 66.7 Å². The number of carbonyl (C=O) groups is 1. The number of benzene rings is 3. The summed E-state index contributed by atoms with van der Waals surface area (Å²) in [4.78, 5) is 15.5. The molecule has 1 saturated heterocycles. The molecule has 1 unspecified atom stereocenters. The van der Waals surface area contributed by atoms with Gasteiger partial charge in [-0.3, -0.25) is 4.79 Å². The standard InChI is InChI=1S/C29H30ClF2N3O3/c30-24-4-2-1-3-20(24)18-29(11-12-29)34-28(36)26-19-33-13-14-35(26)22-6-8-23(9-7-22)37-15-16-38-27-17-21(31)5-10-25(27)32/h1-10,17,26,33H,11-16,18-19H2,(H,34,36). The van der Waals surface area contributed by atoms with Crippen molar-refractivity contribution < 1.29 is 23.0 Å². The van der Waals surface area contributed by atoms with Gasteiger partial charge in [-0.15, -0.1) is 0 Å². The number of amides is 1. The molecule has 1 saturated carbocycles. The van der Waals surface area contributed by atoms with E-state index in [-0.39, 0.29) is 36.5 Å². The first-order chi connectivity index (χ1) is 18.4. The highest BCUT2D eigenvalue weighted by Crippen LogP contribution is 2.40. The molecule has 0 aromatic heterocycles. The van der Waals surface area contributed by atoms with E-state index in [1.807, 2.05) is 48.5 Å². The van der Waals surface area contributed by atoms with Gasteiger partial charge in [-0.2, -0.15) is 0 Å². The summed E-state index contributed by atoms with van der Waals surface area (Å²) >= 11 is 6.36. The number of halogens is 3. The molecule has 0 radical (unpaired) electrons. The molecule has 1 aliphatic carbocycles. The molecule has 38 heavy (non-hydrogen) atoms. The first-order valence-corrected chi connectivity index (χ1v) is 13.1. The second-order valence-corrected chi connectivity index (χ2v) is 10.1. The van der Waals surface area contributed by atoms with Gasteiger partial charge in [0.1, 0.15) is 30.8 Å². The van der Waals surface area contributed by atoms with Crippen LogP contribution in [0.3, 0.4) is 0 Å². The summed E-state index contributed by atoms with van der Waals surface area (Å²) in [5, 5.41) is 7.37. The van der Waals surface area contributed by atoms with Crippen LogP contribution in [0, 0.1) is 11.6 Å². The zero-order valence-electron chi connectivity index (χ0n) is 20.9. The Bertz CT molecular complexity index is 1270. The zero-order valence-corrected chi connectivity index (χ0v) is 21.6. The maximum Gasteiger partial charge on any atom is 0.244 e. The first-order valence-electron chi connectivity index (χ1n) is 12.8. The second kappa shape index (κ2) is 11.6. The van der Waals surface area contributed by atoms with E-state index in [1.165, 1.54) is 0 Å². The Morgan fingerprint density at radius 2 is 1.82 bits per heavy atom. The summed E-state index contributed by atoms with van der Waals surface area (Å²) in [7, 11) is 0. The van der Waals surface area contributed by atoms with Crippen LogP contribution >= 0.6 is 11.6 Å². The van der Waals surface area contributed by atoms with E-state index in [0.29, 0.717) is 18.8 Å². The highest BCUT2D eigenvalue weighted by Gasteiger charge is 2.46. The Balaban J connectivity index is 1.16. The molecule has 1 amide bonds. The van der Waals surface area contributed by atoms with Crippen LogP contribution in [-0.2, 0) is 11.2 Å². The topological polar surface area (TPSA) is 62.8 Å². The van der Waals surface area contributed by atoms with Crippen LogP contribution in [-0.4, -0.2) is 50.3 Å². The maximum absolute atomic E-state index is 13.7. The number of nitrogens with one attached hydrogen (secondary N) is 2. The molecule has 0 spiro atoms. The Morgan fingerprint density at radius 3 is 2.58 bits per heavy atom. The fourth-order valence-corrected chi connectivity index (χ4v) is 4.93. The molecule has 1 atom stereocenters. The van der Waals surface area contributed by atoms with Gasteiger partial charge in [0.05, 0.1) is 0 Å². The van der Waals surface area contributed by atoms with Crippen LogP contribution in [0.2, 0.25) is 5.02 Å². The van der Waals surface area contributed by atoms with Gasteiger partial charge >= 0.3 is 0 Å². The normalized spacial score (nSPS) is 18.1. The average molecular weight is 542 g/mol. The largest absolute Gasteiger partial charge is 0.490 e. The van der Waals surface area contributed by atoms with Crippen molar-refractivity contribution in [2.45, 2.75) is 30.8 Å². The van der Waals surface area contributed by atoms with Gasteiger partial charge in [-0.25, -0.2) is 8.78 Å². The minimum Gasteiger partial charge on any atom is -0.490 e. The summed E-state index contributed by atoms with van der Waals surface area (Å²) in [6, 6.07) is 18.0. The Kier molecular flexibility index (Phi) is 8.00. The molecule has 2 N–H and O–H groups in total. The molecule has 2 fully saturated rings. The van der Waals surface area contributed by atoms with Crippen molar-refractivity contribution in [2.75, 3.05) is 37.7 Å². The number of carbonyl (C=O) groups excluding carboxylic acids is 1. The minimum absolute atomic E-state index is 0.00353. The van der Waals surface area contributed by atoms with Gasteiger partial charge in [-0.05, 0) is 67.3 Å². The number of ether oxygens (including phenoxy) is 2. The van der Waals surface area contributed by atoms with E-state index < -0.39 is 11.6 Å². The third-order valence-electron chi connectivity index (χ3n) is 6.95. The van der Waals surface area contributed by atoms with Crippen LogP contribution in [0.4, 0.5) is 14.5 Å². The van der Waals surface area contributed by atoms with E-state index in [0.717, 1.165) is 60.3 Å². The van der Waals surface area contributed by atoms with E-state index in [9.17, 15) is 13.6 Å². The molecule has 1 aliphatic heterocycles. The van der Waals surface area contributed by atoms with Gasteiger partial charge in [0.25, 0.3) is 0 Å².